The Hall–Kier alpha value is -2.53. The number of pyridine rings is 1. The van der Waals surface area contributed by atoms with Gasteiger partial charge in [0.05, 0.1) is 18.2 Å². The highest BCUT2D eigenvalue weighted by molar-refractivity contribution is 5.86. The number of benzene rings is 1. The summed E-state index contributed by atoms with van der Waals surface area (Å²) in [5.41, 5.74) is 3.58. The highest BCUT2D eigenvalue weighted by Crippen LogP contribution is 2.33. The molecule has 0 spiro atoms. The standard InChI is InChI=1S/C23H27N3O2/c1-17-15-18(5-10-24-17)25-11-6-20(7-12-25)28-23-4-2-3-22-21(23)8-13-26(22)19-9-14-27-16-19/h2-5,8,10,13,15,19-20H,6-7,9,11-12,14,16H2,1H3. The van der Waals surface area contributed by atoms with Crippen LogP contribution < -0.4 is 9.64 Å². The Bertz CT molecular complexity index is 953. The zero-order valence-electron chi connectivity index (χ0n) is 16.4. The van der Waals surface area contributed by atoms with Crippen LogP contribution in [0.2, 0.25) is 0 Å². The number of anilines is 1. The largest absolute Gasteiger partial charge is 0.490 e. The molecule has 0 bridgehead atoms. The first-order valence-electron chi connectivity index (χ1n) is 10.3. The van der Waals surface area contributed by atoms with Gasteiger partial charge in [0.15, 0.2) is 0 Å². The van der Waals surface area contributed by atoms with Crippen molar-refractivity contribution in [3.63, 3.8) is 0 Å². The molecule has 28 heavy (non-hydrogen) atoms. The van der Waals surface area contributed by atoms with Crippen LogP contribution in [-0.4, -0.2) is 42.0 Å². The lowest BCUT2D eigenvalue weighted by Crippen LogP contribution is -2.38. The first-order valence-corrected chi connectivity index (χ1v) is 10.3. The molecule has 5 heteroatoms. The molecule has 3 aromatic rings. The van der Waals surface area contributed by atoms with Crippen LogP contribution >= 0.6 is 0 Å². The predicted octanol–water partition coefficient (Wildman–Crippen LogP) is 4.35. The minimum atomic E-state index is 0.267. The van der Waals surface area contributed by atoms with E-state index in [1.165, 1.54) is 16.6 Å². The summed E-state index contributed by atoms with van der Waals surface area (Å²) in [6.45, 7) is 5.75. The van der Waals surface area contributed by atoms with Gasteiger partial charge in [-0.2, -0.15) is 0 Å². The second-order valence-corrected chi connectivity index (χ2v) is 7.89. The summed E-state index contributed by atoms with van der Waals surface area (Å²) in [5.74, 6) is 1.01. The van der Waals surface area contributed by atoms with Crippen LogP contribution in [0.5, 0.6) is 5.75 Å². The number of aromatic nitrogens is 2. The molecular weight excluding hydrogens is 350 g/mol. The quantitative estimate of drug-likeness (QED) is 0.677. The van der Waals surface area contributed by atoms with Gasteiger partial charge in [0.25, 0.3) is 0 Å². The Labute approximate surface area is 165 Å². The predicted molar refractivity (Wildman–Crippen MR) is 111 cm³/mol. The van der Waals surface area contributed by atoms with Crippen LogP contribution in [0.4, 0.5) is 5.69 Å². The maximum atomic E-state index is 6.47. The molecule has 0 N–H and O–H groups in total. The van der Waals surface area contributed by atoms with Crippen molar-refractivity contribution in [1.82, 2.24) is 9.55 Å². The fraction of sp³-hybridized carbons (Fsp3) is 0.435. The second-order valence-electron chi connectivity index (χ2n) is 7.89. The van der Waals surface area contributed by atoms with Crippen molar-refractivity contribution in [1.29, 1.82) is 0 Å². The molecule has 1 unspecified atom stereocenters. The Balaban J connectivity index is 1.29. The molecule has 0 aliphatic carbocycles. The number of rotatable bonds is 4. The van der Waals surface area contributed by atoms with Gasteiger partial charge >= 0.3 is 0 Å². The van der Waals surface area contributed by atoms with E-state index in [0.29, 0.717) is 6.04 Å². The van der Waals surface area contributed by atoms with Crippen molar-refractivity contribution in [3.8, 4) is 5.75 Å². The van der Waals surface area contributed by atoms with Crippen molar-refractivity contribution in [3.05, 3.63) is 54.5 Å². The summed E-state index contributed by atoms with van der Waals surface area (Å²) in [6.07, 6.45) is 7.51. The summed E-state index contributed by atoms with van der Waals surface area (Å²) in [4.78, 5) is 6.74. The molecule has 1 atom stereocenters. The SMILES string of the molecule is Cc1cc(N2CCC(Oc3cccc4c3ccn4C3CCOC3)CC2)ccn1. The van der Waals surface area contributed by atoms with E-state index in [0.717, 1.165) is 57.0 Å². The number of piperidine rings is 1. The first kappa shape index (κ1) is 17.6. The summed E-state index contributed by atoms with van der Waals surface area (Å²) >= 11 is 0. The van der Waals surface area contributed by atoms with Crippen LogP contribution in [0, 0.1) is 6.92 Å². The average Bonchev–Trinajstić information content (AvgIpc) is 3.38. The molecule has 4 heterocycles. The van der Waals surface area contributed by atoms with Gasteiger partial charge < -0.3 is 18.9 Å². The average molecular weight is 377 g/mol. The van der Waals surface area contributed by atoms with Crippen LogP contribution in [0.1, 0.15) is 31.0 Å². The van der Waals surface area contributed by atoms with E-state index in [9.17, 15) is 0 Å². The van der Waals surface area contributed by atoms with Gasteiger partial charge in [-0.3, -0.25) is 4.98 Å². The smallest absolute Gasteiger partial charge is 0.129 e. The number of ether oxygens (including phenoxy) is 2. The van der Waals surface area contributed by atoms with Crippen molar-refractivity contribution in [2.75, 3.05) is 31.2 Å². The van der Waals surface area contributed by atoms with Gasteiger partial charge in [0, 0.05) is 61.7 Å². The molecule has 0 amide bonds. The zero-order chi connectivity index (χ0) is 18.9. The van der Waals surface area contributed by atoms with Crippen molar-refractivity contribution in [2.24, 2.45) is 0 Å². The normalized spacial score (nSPS) is 20.8. The van der Waals surface area contributed by atoms with Crippen molar-refractivity contribution in [2.45, 2.75) is 38.3 Å². The third kappa shape index (κ3) is 3.35. The second kappa shape index (κ2) is 7.47. The highest BCUT2D eigenvalue weighted by Gasteiger charge is 2.23. The van der Waals surface area contributed by atoms with E-state index in [2.05, 4.69) is 57.0 Å². The fourth-order valence-corrected chi connectivity index (χ4v) is 4.46. The monoisotopic (exact) mass is 377 g/mol. The summed E-state index contributed by atoms with van der Waals surface area (Å²) in [6, 6.07) is 13.3. The van der Waals surface area contributed by atoms with E-state index < -0.39 is 0 Å². The maximum Gasteiger partial charge on any atom is 0.129 e. The molecule has 2 aliphatic rings. The first-order chi connectivity index (χ1) is 13.8. The van der Waals surface area contributed by atoms with Gasteiger partial charge in [-0.1, -0.05) is 6.07 Å². The van der Waals surface area contributed by atoms with Crippen molar-refractivity contribution >= 4 is 16.6 Å². The van der Waals surface area contributed by atoms with Gasteiger partial charge in [-0.05, 0) is 43.7 Å². The minimum absolute atomic E-state index is 0.267. The molecule has 0 saturated carbocycles. The maximum absolute atomic E-state index is 6.47. The van der Waals surface area contributed by atoms with Gasteiger partial charge in [0.1, 0.15) is 11.9 Å². The minimum Gasteiger partial charge on any atom is -0.490 e. The van der Waals surface area contributed by atoms with E-state index in [4.69, 9.17) is 9.47 Å². The summed E-state index contributed by atoms with van der Waals surface area (Å²) in [5, 5.41) is 1.21. The van der Waals surface area contributed by atoms with E-state index in [1.807, 2.05) is 13.1 Å². The lowest BCUT2D eigenvalue weighted by molar-refractivity contribution is 0.173. The third-order valence-electron chi connectivity index (χ3n) is 6.00. The molecule has 1 aromatic carbocycles. The molecule has 5 rings (SSSR count). The number of nitrogens with zero attached hydrogens (tertiary/aromatic N) is 3. The molecular formula is C23H27N3O2. The van der Waals surface area contributed by atoms with E-state index in [-0.39, 0.29) is 6.10 Å². The van der Waals surface area contributed by atoms with Gasteiger partial charge in [0.2, 0.25) is 0 Å². The Morgan fingerprint density at radius 2 is 2.00 bits per heavy atom. The van der Waals surface area contributed by atoms with Crippen LogP contribution in [-0.2, 0) is 4.74 Å². The van der Waals surface area contributed by atoms with Gasteiger partial charge in [-0.15, -0.1) is 0 Å². The molecule has 2 aromatic heterocycles. The summed E-state index contributed by atoms with van der Waals surface area (Å²) in [7, 11) is 0. The third-order valence-corrected chi connectivity index (χ3v) is 6.00. The molecule has 0 radical (unpaired) electrons. The summed E-state index contributed by atoms with van der Waals surface area (Å²) < 4.78 is 14.4. The molecule has 5 nitrogen and oxygen atoms in total. The van der Waals surface area contributed by atoms with Crippen LogP contribution in [0.15, 0.2) is 48.8 Å². The Morgan fingerprint density at radius 3 is 2.79 bits per heavy atom. The van der Waals surface area contributed by atoms with E-state index in [1.54, 1.807) is 0 Å². The Kier molecular flexibility index (Phi) is 4.69. The Morgan fingerprint density at radius 1 is 1.11 bits per heavy atom. The van der Waals surface area contributed by atoms with Crippen molar-refractivity contribution < 1.29 is 9.47 Å². The molecule has 2 aliphatic heterocycles. The van der Waals surface area contributed by atoms with Crippen LogP contribution in [0.25, 0.3) is 10.9 Å². The van der Waals surface area contributed by atoms with Crippen LogP contribution in [0.3, 0.4) is 0 Å². The number of aryl methyl sites for hydroxylation is 1. The highest BCUT2D eigenvalue weighted by atomic mass is 16.5. The lowest BCUT2D eigenvalue weighted by Gasteiger charge is -2.34. The molecule has 146 valence electrons. The van der Waals surface area contributed by atoms with Gasteiger partial charge in [-0.25, -0.2) is 0 Å². The lowest BCUT2D eigenvalue weighted by atomic mass is 10.1. The number of hydrogen-bond donors (Lipinski definition) is 0. The topological polar surface area (TPSA) is 39.5 Å². The zero-order valence-corrected chi connectivity index (χ0v) is 16.4. The fourth-order valence-electron chi connectivity index (χ4n) is 4.46. The molecule has 2 fully saturated rings. The van der Waals surface area contributed by atoms with E-state index >= 15 is 0 Å². The number of fused-ring (bicyclic) bond motifs is 1. The number of hydrogen-bond acceptors (Lipinski definition) is 4. The molecule has 2 saturated heterocycles.